The molecule has 1 fully saturated rings. The van der Waals surface area contributed by atoms with Gasteiger partial charge in [-0.1, -0.05) is 50.5 Å². The summed E-state index contributed by atoms with van der Waals surface area (Å²) in [5.41, 5.74) is -0.525. The Bertz CT molecular complexity index is 1180. The summed E-state index contributed by atoms with van der Waals surface area (Å²) in [6, 6.07) is 10.4. The van der Waals surface area contributed by atoms with Crippen LogP contribution in [0.25, 0.3) is 11.1 Å². The van der Waals surface area contributed by atoms with Gasteiger partial charge >= 0.3 is 6.11 Å². The van der Waals surface area contributed by atoms with Crippen LogP contribution in [0.5, 0.6) is 5.75 Å². The smallest absolute Gasteiger partial charge is 0.428 e. The molecule has 0 amide bonds. The van der Waals surface area contributed by atoms with Crippen molar-refractivity contribution in [2.45, 2.75) is 63.9 Å². The third-order valence-electron chi connectivity index (χ3n) is 7.01. The van der Waals surface area contributed by atoms with E-state index in [4.69, 9.17) is 4.74 Å². The third-order valence-corrected chi connectivity index (χ3v) is 7.01. The van der Waals surface area contributed by atoms with Crippen molar-refractivity contribution in [3.8, 4) is 16.9 Å². The van der Waals surface area contributed by atoms with Crippen LogP contribution in [0.4, 0.5) is 26.3 Å². The average molecular weight is 507 g/mol. The first-order valence-electron chi connectivity index (χ1n) is 12.3. The Morgan fingerprint density at radius 2 is 1.50 bits per heavy atom. The fourth-order valence-electron chi connectivity index (χ4n) is 5.00. The van der Waals surface area contributed by atoms with E-state index in [0.29, 0.717) is 23.6 Å². The van der Waals surface area contributed by atoms with Gasteiger partial charge in [-0.05, 0) is 79.0 Å². The van der Waals surface area contributed by atoms with Crippen LogP contribution in [-0.2, 0) is 6.11 Å². The molecule has 0 bridgehead atoms. The van der Waals surface area contributed by atoms with Crippen molar-refractivity contribution >= 4 is 0 Å². The molecule has 0 radical (unpaired) electrons. The number of ether oxygens (including phenoxy) is 1. The van der Waals surface area contributed by atoms with Crippen molar-refractivity contribution in [3.05, 3.63) is 89.0 Å². The molecular formula is C29H28F6O. The van der Waals surface area contributed by atoms with E-state index in [9.17, 15) is 17.6 Å². The molecule has 1 aliphatic rings. The molecule has 0 atom stereocenters. The van der Waals surface area contributed by atoms with E-state index < -0.39 is 40.7 Å². The zero-order chi connectivity index (χ0) is 25.9. The lowest BCUT2D eigenvalue weighted by Gasteiger charge is -2.29. The van der Waals surface area contributed by atoms with E-state index in [0.717, 1.165) is 44.2 Å². The zero-order valence-corrected chi connectivity index (χ0v) is 20.0. The van der Waals surface area contributed by atoms with Crippen molar-refractivity contribution in [2.24, 2.45) is 5.92 Å². The number of hydrogen-bond acceptors (Lipinski definition) is 1. The number of benzene rings is 3. The molecule has 0 heterocycles. The molecule has 0 unspecified atom stereocenters. The minimum atomic E-state index is -4.06. The summed E-state index contributed by atoms with van der Waals surface area (Å²) in [6.07, 6.45) is 3.39. The van der Waals surface area contributed by atoms with Gasteiger partial charge in [0.05, 0.1) is 5.56 Å². The lowest BCUT2D eigenvalue weighted by molar-refractivity contribution is -0.187. The second kappa shape index (κ2) is 11.0. The van der Waals surface area contributed by atoms with Gasteiger partial charge in [0.1, 0.15) is 11.6 Å². The second-order valence-electron chi connectivity index (χ2n) is 9.47. The summed E-state index contributed by atoms with van der Waals surface area (Å²) in [6.45, 7) is 2.16. The highest BCUT2D eigenvalue weighted by molar-refractivity contribution is 5.70. The first-order valence-corrected chi connectivity index (χ1v) is 12.3. The van der Waals surface area contributed by atoms with E-state index in [1.54, 1.807) is 0 Å². The Hall–Kier alpha value is -2.96. The zero-order valence-electron chi connectivity index (χ0n) is 20.0. The first-order chi connectivity index (χ1) is 17.2. The predicted molar refractivity (Wildman–Crippen MR) is 127 cm³/mol. The van der Waals surface area contributed by atoms with Gasteiger partial charge < -0.3 is 4.74 Å². The molecule has 36 heavy (non-hydrogen) atoms. The molecule has 4 rings (SSSR count). The molecule has 1 nitrogen and oxygen atoms in total. The largest absolute Gasteiger partial charge is 0.429 e. The number of rotatable bonds is 8. The molecule has 1 saturated carbocycles. The number of para-hydroxylation sites is 1. The molecule has 7 heteroatoms. The standard InChI is InChI=1S/C29H28F6O/c1-2-3-6-18-9-11-19(12-10-18)20-13-14-23(24(30)15-20)29(34,35)36-27-8-5-4-7-22(27)21-16-25(31)28(33)26(32)17-21/h4-5,7-8,13-19H,2-3,6,9-12H2,1H3/t18-,19-. The maximum absolute atomic E-state index is 15.1. The van der Waals surface area contributed by atoms with Crippen LogP contribution >= 0.6 is 0 Å². The van der Waals surface area contributed by atoms with E-state index in [2.05, 4.69) is 6.92 Å². The molecule has 3 aromatic carbocycles. The van der Waals surface area contributed by atoms with Crippen LogP contribution in [0.15, 0.2) is 54.6 Å². The lowest BCUT2D eigenvalue weighted by Crippen LogP contribution is -2.24. The van der Waals surface area contributed by atoms with Crippen LogP contribution < -0.4 is 4.74 Å². The highest BCUT2D eigenvalue weighted by atomic mass is 19.3. The SMILES string of the molecule is CCCC[C@H]1CC[C@H](c2ccc(C(F)(F)Oc3ccccc3-c3cc(F)c(F)c(F)c3)c(F)c2)CC1. The van der Waals surface area contributed by atoms with Gasteiger partial charge in [0, 0.05) is 5.56 Å². The molecule has 0 aromatic heterocycles. The van der Waals surface area contributed by atoms with Crippen LogP contribution in [0, 0.1) is 29.2 Å². The Morgan fingerprint density at radius 3 is 2.14 bits per heavy atom. The Balaban J connectivity index is 1.53. The van der Waals surface area contributed by atoms with Gasteiger partial charge in [0.2, 0.25) is 0 Å². The van der Waals surface area contributed by atoms with Gasteiger partial charge in [-0.2, -0.15) is 8.78 Å². The monoisotopic (exact) mass is 506 g/mol. The molecule has 1 aliphatic carbocycles. The normalized spacial score (nSPS) is 18.3. The van der Waals surface area contributed by atoms with E-state index in [-0.39, 0.29) is 17.0 Å². The summed E-state index contributed by atoms with van der Waals surface area (Å²) in [7, 11) is 0. The predicted octanol–water partition coefficient (Wildman–Crippen LogP) is 9.50. The number of alkyl halides is 2. The van der Waals surface area contributed by atoms with Crippen molar-refractivity contribution in [1.82, 2.24) is 0 Å². The van der Waals surface area contributed by atoms with E-state index in [1.165, 1.54) is 43.2 Å². The summed E-state index contributed by atoms with van der Waals surface area (Å²) in [5.74, 6) is -5.31. The van der Waals surface area contributed by atoms with Crippen LogP contribution in [0.1, 0.15) is 68.9 Å². The Labute approximate surface area is 207 Å². The molecular weight excluding hydrogens is 478 g/mol. The number of unbranched alkanes of at least 4 members (excludes halogenated alkanes) is 1. The minimum Gasteiger partial charge on any atom is -0.428 e. The van der Waals surface area contributed by atoms with Gasteiger partial charge in [-0.25, -0.2) is 17.6 Å². The van der Waals surface area contributed by atoms with Gasteiger partial charge in [-0.15, -0.1) is 0 Å². The summed E-state index contributed by atoms with van der Waals surface area (Å²) >= 11 is 0. The average Bonchev–Trinajstić information content (AvgIpc) is 2.86. The van der Waals surface area contributed by atoms with Gasteiger partial charge in [0.25, 0.3) is 0 Å². The highest BCUT2D eigenvalue weighted by Gasteiger charge is 2.39. The maximum atomic E-state index is 15.1. The molecule has 192 valence electrons. The van der Waals surface area contributed by atoms with E-state index in [1.807, 2.05) is 0 Å². The van der Waals surface area contributed by atoms with Crippen molar-refractivity contribution < 1.29 is 31.1 Å². The van der Waals surface area contributed by atoms with Gasteiger partial charge in [0.15, 0.2) is 17.5 Å². The molecule has 0 aliphatic heterocycles. The quantitative estimate of drug-likeness (QED) is 0.218. The topological polar surface area (TPSA) is 9.23 Å². The Kier molecular flexibility index (Phi) is 7.96. The van der Waals surface area contributed by atoms with E-state index >= 15 is 8.78 Å². The second-order valence-corrected chi connectivity index (χ2v) is 9.47. The third kappa shape index (κ3) is 5.71. The van der Waals surface area contributed by atoms with Crippen molar-refractivity contribution in [2.75, 3.05) is 0 Å². The minimum absolute atomic E-state index is 0.0909. The summed E-state index contributed by atoms with van der Waals surface area (Å²) in [5, 5.41) is 0. The van der Waals surface area contributed by atoms with Crippen LogP contribution in [0.3, 0.4) is 0 Å². The lowest BCUT2D eigenvalue weighted by atomic mass is 9.77. The fraction of sp³-hybridized carbons (Fsp3) is 0.379. The summed E-state index contributed by atoms with van der Waals surface area (Å²) in [4.78, 5) is 0. The Morgan fingerprint density at radius 1 is 0.833 bits per heavy atom. The highest BCUT2D eigenvalue weighted by Crippen LogP contribution is 2.41. The van der Waals surface area contributed by atoms with Crippen molar-refractivity contribution in [1.29, 1.82) is 0 Å². The number of halogens is 6. The molecule has 0 spiro atoms. The summed E-state index contributed by atoms with van der Waals surface area (Å²) < 4.78 is 90.8. The fourth-order valence-corrected chi connectivity index (χ4v) is 5.00. The molecule has 3 aromatic rings. The molecule has 0 N–H and O–H groups in total. The van der Waals surface area contributed by atoms with Gasteiger partial charge in [-0.3, -0.25) is 0 Å². The first kappa shape index (κ1) is 26.1. The van der Waals surface area contributed by atoms with Crippen LogP contribution in [0.2, 0.25) is 0 Å². The van der Waals surface area contributed by atoms with Crippen LogP contribution in [-0.4, -0.2) is 0 Å². The number of hydrogen-bond donors (Lipinski definition) is 0. The van der Waals surface area contributed by atoms with Crippen molar-refractivity contribution in [3.63, 3.8) is 0 Å². The molecule has 0 saturated heterocycles. The maximum Gasteiger partial charge on any atom is 0.429 e.